The molecule has 0 unspecified atom stereocenters. The van der Waals surface area contributed by atoms with Gasteiger partial charge in [0.25, 0.3) is 0 Å². The normalized spacial score (nSPS) is 17.2. The molecule has 4 heteroatoms. The minimum atomic E-state index is -0.513. The number of likely N-dealkylation sites (N-methyl/N-ethyl adjacent to an activating group) is 1. The quantitative estimate of drug-likeness (QED) is 0.808. The Kier molecular flexibility index (Phi) is 6.07. The van der Waals surface area contributed by atoms with Gasteiger partial charge in [0.2, 0.25) is 5.91 Å². The van der Waals surface area contributed by atoms with Gasteiger partial charge in [0.1, 0.15) is 5.54 Å². The van der Waals surface area contributed by atoms with E-state index in [0.29, 0.717) is 0 Å². The minimum absolute atomic E-state index is 0.180. The molecule has 1 fully saturated rings. The molecule has 0 aliphatic carbocycles. The van der Waals surface area contributed by atoms with Crippen molar-refractivity contribution in [1.29, 1.82) is 0 Å². The predicted octanol–water partition coefficient (Wildman–Crippen LogP) is 2.95. The largest absolute Gasteiger partial charge is 0.344 e. The van der Waals surface area contributed by atoms with Crippen LogP contribution in [-0.2, 0) is 10.3 Å². The number of amides is 1. The summed E-state index contributed by atoms with van der Waals surface area (Å²) in [6, 6.07) is 3.93. The zero-order valence-electron chi connectivity index (χ0n) is 14.4. The summed E-state index contributed by atoms with van der Waals surface area (Å²) in [5, 5.41) is 0. The monoisotopic (exact) mass is 305 g/mol. The molecule has 2 heterocycles. The fourth-order valence-corrected chi connectivity index (χ4v) is 3.28. The fourth-order valence-electron chi connectivity index (χ4n) is 3.28. The van der Waals surface area contributed by atoms with Gasteiger partial charge in [-0.25, -0.2) is 0 Å². The molecule has 0 atom stereocenters. The summed E-state index contributed by atoms with van der Waals surface area (Å²) >= 11 is 0. The lowest BCUT2D eigenvalue weighted by Gasteiger charge is -2.31. The fraction of sp³-hybridized carbons (Fsp3) is 0.722. The molecule has 1 aliphatic rings. The number of carbonyl (C=O) groups excluding carboxylic acids is 1. The average Bonchev–Trinajstić information content (AvgIpc) is 2.93. The second-order valence-electron chi connectivity index (χ2n) is 6.99. The van der Waals surface area contributed by atoms with Crippen LogP contribution in [0, 0.1) is 0 Å². The Balaban J connectivity index is 1.78. The molecule has 0 spiro atoms. The third-order valence-electron chi connectivity index (χ3n) is 4.79. The van der Waals surface area contributed by atoms with Gasteiger partial charge >= 0.3 is 0 Å². The van der Waals surface area contributed by atoms with Crippen molar-refractivity contribution in [2.45, 2.75) is 51.5 Å². The van der Waals surface area contributed by atoms with Gasteiger partial charge in [-0.2, -0.15) is 0 Å². The zero-order valence-corrected chi connectivity index (χ0v) is 14.4. The zero-order chi connectivity index (χ0) is 16.0. The molecule has 2 rings (SSSR count). The lowest BCUT2D eigenvalue weighted by molar-refractivity contribution is -0.138. The molecular formula is C18H31N3O. The number of hydrogen-bond acceptors (Lipinski definition) is 2. The van der Waals surface area contributed by atoms with Gasteiger partial charge in [0.15, 0.2) is 0 Å². The van der Waals surface area contributed by atoms with Crippen molar-refractivity contribution in [2.24, 2.45) is 0 Å². The maximum atomic E-state index is 12.7. The summed E-state index contributed by atoms with van der Waals surface area (Å²) < 4.78 is 1.99. The average molecular weight is 305 g/mol. The molecule has 22 heavy (non-hydrogen) atoms. The molecule has 0 radical (unpaired) electrons. The summed E-state index contributed by atoms with van der Waals surface area (Å²) in [7, 11) is 1.93. The highest BCUT2D eigenvalue weighted by Gasteiger charge is 2.31. The van der Waals surface area contributed by atoms with Crippen LogP contribution < -0.4 is 0 Å². The lowest BCUT2D eigenvalue weighted by Crippen LogP contribution is -2.45. The van der Waals surface area contributed by atoms with E-state index < -0.39 is 5.54 Å². The number of hydrogen-bond donors (Lipinski definition) is 0. The van der Waals surface area contributed by atoms with Crippen LogP contribution in [0.3, 0.4) is 0 Å². The van der Waals surface area contributed by atoms with E-state index >= 15 is 0 Å². The van der Waals surface area contributed by atoms with Gasteiger partial charge in [-0.1, -0.05) is 12.8 Å². The summed E-state index contributed by atoms with van der Waals surface area (Å²) in [6.45, 7) is 8.38. The van der Waals surface area contributed by atoms with Crippen molar-refractivity contribution in [3.05, 3.63) is 24.5 Å². The molecular weight excluding hydrogens is 274 g/mol. The molecule has 1 aromatic rings. The molecule has 1 aromatic heterocycles. The van der Waals surface area contributed by atoms with Gasteiger partial charge < -0.3 is 14.4 Å². The molecule has 4 nitrogen and oxygen atoms in total. The maximum Gasteiger partial charge on any atom is 0.247 e. The van der Waals surface area contributed by atoms with Crippen molar-refractivity contribution >= 4 is 5.91 Å². The first-order valence-electron chi connectivity index (χ1n) is 8.63. The Morgan fingerprint density at radius 3 is 2.27 bits per heavy atom. The van der Waals surface area contributed by atoms with Crippen LogP contribution in [0.5, 0.6) is 0 Å². The Morgan fingerprint density at radius 2 is 1.68 bits per heavy atom. The number of nitrogens with zero attached hydrogens (tertiary/aromatic N) is 3. The van der Waals surface area contributed by atoms with Crippen molar-refractivity contribution in [2.75, 3.05) is 33.2 Å². The summed E-state index contributed by atoms with van der Waals surface area (Å²) in [4.78, 5) is 17.1. The second kappa shape index (κ2) is 7.82. The van der Waals surface area contributed by atoms with Crippen molar-refractivity contribution in [3.8, 4) is 0 Å². The van der Waals surface area contributed by atoms with Gasteiger partial charge in [0, 0.05) is 26.0 Å². The first-order chi connectivity index (χ1) is 10.5. The van der Waals surface area contributed by atoms with E-state index in [1.165, 1.54) is 38.8 Å². The molecule has 0 saturated carbocycles. The van der Waals surface area contributed by atoms with Crippen LogP contribution in [0.15, 0.2) is 24.5 Å². The first kappa shape index (κ1) is 17.1. The van der Waals surface area contributed by atoms with Crippen LogP contribution in [0.25, 0.3) is 0 Å². The van der Waals surface area contributed by atoms with Gasteiger partial charge in [-0.3, -0.25) is 4.79 Å². The molecule has 1 amide bonds. The summed E-state index contributed by atoms with van der Waals surface area (Å²) in [5.41, 5.74) is -0.513. The van der Waals surface area contributed by atoms with E-state index in [2.05, 4.69) is 4.90 Å². The van der Waals surface area contributed by atoms with Crippen LogP contribution in [0.1, 0.15) is 46.0 Å². The highest BCUT2D eigenvalue weighted by Crippen LogP contribution is 2.18. The minimum Gasteiger partial charge on any atom is -0.344 e. The van der Waals surface area contributed by atoms with E-state index in [1.54, 1.807) is 0 Å². The molecule has 0 aromatic carbocycles. The van der Waals surface area contributed by atoms with Gasteiger partial charge in [-0.05, 0) is 64.9 Å². The highest BCUT2D eigenvalue weighted by molar-refractivity contribution is 5.83. The van der Waals surface area contributed by atoms with Crippen LogP contribution in [0.2, 0.25) is 0 Å². The smallest absolute Gasteiger partial charge is 0.247 e. The van der Waals surface area contributed by atoms with Crippen molar-refractivity contribution in [3.63, 3.8) is 0 Å². The van der Waals surface area contributed by atoms with E-state index in [4.69, 9.17) is 0 Å². The first-order valence-corrected chi connectivity index (χ1v) is 8.63. The topological polar surface area (TPSA) is 28.5 Å². The predicted molar refractivity (Wildman–Crippen MR) is 90.9 cm³/mol. The summed E-state index contributed by atoms with van der Waals surface area (Å²) in [5.74, 6) is 0.180. The van der Waals surface area contributed by atoms with Crippen molar-refractivity contribution < 1.29 is 4.79 Å². The molecule has 0 N–H and O–H groups in total. The SMILES string of the molecule is CN(CCCN1CCCCCC1)C(=O)C(C)(C)n1cccc1. The Bertz CT molecular complexity index is 445. The lowest BCUT2D eigenvalue weighted by atomic mass is 10.0. The standard InChI is InChI=1S/C18H31N3O/c1-18(2,21-15-8-9-16-21)17(22)19(3)11-10-14-20-12-6-4-5-7-13-20/h8-9,15-16H,4-7,10-14H2,1-3H3. The molecule has 1 saturated heterocycles. The molecule has 0 bridgehead atoms. The maximum absolute atomic E-state index is 12.7. The second-order valence-corrected chi connectivity index (χ2v) is 6.99. The van der Waals surface area contributed by atoms with E-state index in [-0.39, 0.29) is 5.91 Å². The summed E-state index contributed by atoms with van der Waals surface area (Å²) in [6.07, 6.45) is 10.4. The Morgan fingerprint density at radius 1 is 1.09 bits per heavy atom. The van der Waals surface area contributed by atoms with Crippen LogP contribution in [-0.4, -0.2) is 53.5 Å². The number of rotatable bonds is 6. The van der Waals surface area contributed by atoms with E-state index in [0.717, 1.165) is 19.5 Å². The highest BCUT2D eigenvalue weighted by atomic mass is 16.2. The van der Waals surface area contributed by atoms with E-state index in [9.17, 15) is 4.79 Å². The van der Waals surface area contributed by atoms with Crippen molar-refractivity contribution in [1.82, 2.24) is 14.4 Å². The molecule has 124 valence electrons. The number of aromatic nitrogens is 1. The number of carbonyl (C=O) groups is 1. The Hall–Kier alpha value is -1.29. The van der Waals surface area contributed by atoms with Gasteiger partial charge in [-0.15, -0.1) is 0 Å². The third kappa shape index (κ3) is 4.35. The van der Waals surface area contributed by atoms with Gasteiger partial charge in [0.05, 0.1) is 0 Å². The third-order valence-corrected chi connectivity index (χ3v) is 4.79. The molecule has 1 aliphatic heterocycles. The Labute approximate surface area is 135 Å². The van der Waals surface area contributed by atoms with Crippen LogP contribution >= 0.6 is 0 Å². The van der Waals surface area contributed by atoms with E-state index in [1.807, 2.05) is 54.9 Å². The number of likely N-dealkylation sites (tertiary alicyclic amines) is 1. The van der Waals surface area contributed by atoms with Crippen LogP contribution in [0.4, 0.5) is 0 Å².